The summed E-state index contributed by atoms with van der Waals surface area (Å²) in [5.41, 5.74) is 2.19. The van der Waals surface area contributed by atoms with Gasteiger partial charge in [0.2, 0.25) is 0 Å². The zero-order valence-corrected chi connectivity index (χ0v) is 24.7. The molecule has 4 rings (SSSR count). The minimum Gasteiger partial charge on any atom is -0.493 e. The van der Waals surface area contributed by atoms with Crippen LogP contribution in [0.3, 0.4) is 0 Å². The molecular weight excluding hydrogens is 588 g/mol. The Kier molecular flexibility index (Phi) is 8.96. The van der Waals surface area contributed by atoms with Gasteiger partial charge in [0, 0.05) is 4.90 Å². The summed E-state index contributed by atoms with van der Waals surface area (Å²) in [6.45, 7) is 7.76. The van der Waals surface area contributed by atoms with E-state index in [-0.39, 0.29) is 12.2 Å². The summed E-state index contributed by atoms with van der Waals surface area (Å²) >= 11 is 6.43. The molecule has 1 aromatic heterocycles. The number of aromatic nitrogens is 1. The zero-order valence-electron chi connectivity index (χ0n) is 21.4. The first-order valence-electron chi connectivity index (χ1n) is 11.8. The van der Waals surface area contributed by atoms with Crippen molar-refractivity contribution in [3.8, 4) is 11.5 Å². The maximum Gasteiger partial charge on any atom is 0.338 e. The topological polar surface area (TPSA) is 79.1 Å². The lowest BCUT2D eigenvalue weighted by atomic mass is 9.96. The standard InChI is InChI=1S/C28H27BrN2O5S2/c1-6-12-36-25-20(29)13-17(14-21(25)34-4)15-22-26(32)31-24(18-8-10-19(37-5)11-9-18)23(27(33)35-7-2)16(3)30-28(31)38-22/h6,8-11,13-15,24H,1,7,12H2,2-5H3/b22-15-/t24-/m1/s1. The van der Waals surface area contributed by atoms with E-state index >= 15 is 0 Å². The Bertz CT molecular complexity index is 1590. The van der Waals surface area contributed by atoms with Crippen LogP contribution in [0.2, 0.25) is 0 Å². The number of methoxy groups -OCH3 is 1. The molecule has 38 heavy (non-hydrogen) atoms. The predicted octanol–water partition coefficient (Wildman–Crippen LogP) is 4.86. The molecule has 0 spiro atoms. The molecule has 10 heteroatoms. The highest BCUT2D eigenvalue weighted by Crippen LogP contribution is 2.37. The number of nitrogens with zero attached hydrogens (tertiary/aromatic N) is 2. The second-order valence-electron chi connectivity index (χ2n) is 8.21. The van der Waals surface area contributed by atoms with Gasteiger partial charge in [0.25, 0.3) is 5.56 Å². The van der Waals surface area contributed by atoms with Gasteiger partial charge in [0.1, 0.15) is 6.61 Å². The average molecular weight is 616 g/mol. The van der Waals surface area contributed by atoms with Crippen molar-refractivity contribution in [2.24, 2.45) is 4.99 Å². The van der Waals surface area contributed by atoms with E-state index in [9.17, 15) is 9.59 Å². The van der Waals surface area contributed by atoms with Crippen LogP contribution in [0, 0.1) is 0 Å². The van der Waals surface area contributed by atoms with Crippen molar-refractivity contribution in [2.75, 3.05) is 26.6 Å². The molecule has 0 fully saturated rings. The van der Waals surface area contributed by atoms with Crippen molar-refractivity contribution in [2.45, 2.75) is 24.8 Å². The average Bonchev–Trinajstić information content (AvgIpc) is 3.21. The number of benzene rings is 2. The van der Waals surface area contributed by atoms with Crippen LogP contribution in [0.4, 0.5) is 0 Å². The Balaban J connectivity index is 1.89. The van der Waals surface area contributed by atoms with Gasteiger partial charge in [-0.25, -0.2) is 9.79 Å². The number of esters is 1. The van der Waals surface area contributed by atoms with E-state index in [0.29, 0.717) is 43.2 Å². The minimum absolute atomic E-state index is 0.224. The molecular formula is C28H27BrN2O5S2. The van der Waals surface area contributed by atoms with Crippen molar-refractivity contribution >= 4 is 51.1 Å². The molecule has 7 nitrogen and oxygen atoms in total. The number of carbonyl (C=O) groups is 1. The van der Waals surface area contributed by atoms with E-state index in [1.54, 1.807) is 55.5 Å². The number of rotatable bonds is 9. The van der Waals surface area contributed by atoms with Gasteiger partial charge < -0.3 is 14.2 Å². The van der Waals surface area contributed by atoms with Crippen LogP contribution < -0.4 is 24.4 Å². The number of allylic oxidation sites excluding steroid dienone is 1. The number of thiazole rings is 1. The molecule has 0 N–H and O–H groups in total. The molecule has 2 aromatic carbocycles. The number of hydrogen-bond donors (Lipinski definition) is 0. The Labute approximate surface area is 237 Å². The Morgan fingerprint density at radius 1 is 1.29 bits per heavy atom. The molecule has 0 amide bonds. The quantitative estimate of drug-likeness (QED) is 0.195. The first-order valence-corrected chi connectivity index (χ1v) is 14.6. The smallest absolute Gasteiger partial charge is 0.338 e. The maximum absolute atomic E-state index is 13.8. The maximum atomic E-state index is 13.8. The number of ether oxygens (including phenoxy) is 3. The lowest BCUT2D eigenvalue weighted by Crippen LogP contribution is -2.39. The third-order valence-electron chi connectivity index (χ3n) is 5.84. The highest BCUT2D eigenvalue weighted by molar-refractivity contribution is 9.10. The number of halogens is 1. The summed E-state index contributed by atoms with van der Waals surface area (Å²) in [6, 6.07) is 10.8. The zero-order chi connectivity index (χ0) is 27.4. The fraction of sp³-hybridized carbons (Fsp3) is 0.250. The van der Waals surface area contributed by atoms with Gasteiger partial charge in [-0.3, -0.25) is 9.36 Å². The van der Waals surface area contributed by atoms with Crippen molar-refractivity contribution in [1.29, 1.82) is 0 Å². The van der Waals surface area contributed by atoms with E-state index in [1.165, 1.54) is 11.3 Å². The normalized spacial score (nSPS) is 15.1. The van der Waals surface area contributed by atoms with Gasteiger partial charge >= 0.3 is 5.97 Å². The van der Waals surface area contributed by atoms with Gasteiger partial charge in [0.15, 0.2) is 16.3 Å². The van der Waals surface area contributed by atoms with Crippen molar-refractivity contribution in [3.63, 3.8) is 0 Å². The molecule has 0 aliphatic carbocycles. The highest BCUT2D eigenvalue weighted by atomic mass is 79.9. The highest BCUT2D eigenvalue weighted by Gasteiger charge is 2.33. The Morgan fingerprint density at radius 2 is 2.03 bits per heavy atom. The van der Waals surface area contributed by atoms with Gasteiger partial charge in [-0.05, 0) is 77.5 Å². The Hall–Kier alpha value is -3.08. The molecule has 0 saturated heterocycles. The number of fused-ring (bicyclic) bond motifs is 1. The molecule has 0 saturated carbocycles. The summed E-state index contributed by atoms with van der Waals surface area (Å²) in [5.74, 6) is 0.590. The second kappa shape index (κ2) is 12.2. The molecule has 1 aliphatic heterocycles. The number of thioether (sulfide) groups is 1. The van der Waals surface area contributed by atoms with Gasteiger partial charge in [-0.2, -0.15) is 0 Å². The van der Waals surface area contributed by atoms with Crippen molar-refractivity contribution in [3.05, 3.63) is 95.6 Å². The predicted molar refractivity (Wildman–Crippen MR) is 155 cm³/mol. The fourth-order valence-electron chi connectivity index (χ4n) is 4.15. The number of hydrogen-bond acceptors (Lipinski definition) is 8. The van der Waals surface area contributed by atoms with Crippen LogP contribution in [-0.4, -0.2) is 37.1 Å². The molecule has 0 radical (unpaired) electrons. The molecule has 1 atom stereocenters. The van der Waals surface area contributed by atoms with E-state index in [2.05, 4.69) is 27.5 Å². The number of carbonyl (C=O) groups excluding carboxylic acids is 1. The summed E-state index contributed by atoms with van der Waals surface area (Å²) in [6.07, 6.45) is 5.43. The molecule has 2 heterocycles. The molecule has 0 unspecified atom stereocenters. The van der Waals surface area contributed by atoms with E-state index < -0.39 is 12.0 Å². The molecule has 0 bridgehead atoms. The Morgan fingerprint density at radius 3 is 2.66 bits per heavy atom. The van der Waals surface area contributed by atoms with Crippen LogP contribution in [0.1, 0.15) is 31.0 Å². The summed E-state index contributed by atoms with van der Waals surface area (Å²) in [5, 5.41) is 0. The van der Waals surface area contributed by atoms with Crippen LogP contribution in [0.5, 0.6) is 11.5 Å². The largest absolute Gasteiger partial charge is 0.493 e. The van der Waals surface area contributed by atoms with E-state index in [1.807, 2.05) is 36.6 Å². The first-order chi connectivity index (χ1) is 18.3. The van der Waals surface area contributed by atoms with Crippen LogP contribution in [0.25, 0.3) is 6.08 Å². The minimum atomic E-state index is -0.653. The lowest BCUT2D eigenvalue weighted by molar-refractivity contribution is -0.139. The van der Waals surface area contributed by atoms with Crippen LogP contribution in [-0.2, 0) is 9.53 Å². The first kappa shape index (κ1) is 27.9. The van der Waals surface area contributed by atoms with Crippen molar-refractivity contribution < 1.29 is 19.0 Å². The monoisotopic (exact) mass is 614 g/mol. The van der Waals surface area contributed by atoms with Gasteiger partial charge in [-0.15, -0.1) is 11.8 Å². The SMILES string of the molecule is C=CCOc1c(Br)cc(/C=c2\sc3n(c2=O)[C@H](c2ccc(SC)cc2)C(C(=O)OCC)=C(C)N=3)cc1OC. The third-order valence-corrected chi connectivity index (χ3v) is 8.16. The van der Waals surface area contributed by atoms with E-state index in [4.69, 9.17) is 14.2 Å². The van der Waals surface area contributed by atoms with Crippen molar-refractivity contribution in [1.82, 2.24) is 4.57 Å². The summed E-state index contributed by atoms with van der Waals surface area (Å²) in [7, 11) is 1.56. The summed E-state index contributed by atoms with van der Waals surface area (Å²) in [4.78, 5) is 33.1. The fourth-order valence-corrected chi connectivity index (χ4v) is 6.18. The molecule has 198 valence electrons. The third kappa shape index (κ3) is 5.52. The molecule has 3 aromatic rings. The van der Waals surface area contributed by atoms with Crippen LogP contribution in [0.15, 0.2) is 79.5 Å². The lowest BCUT2D eigenvalue weighted by Gasteiger charge is -2.24. The van der Waals surface area contributed by atoms with Crippen LogP contribution >= 0.6 is 39.0 Å². The van der Waals surface area contributed by atoms with E-state index in [0.717, 1.165) is 16.0 Å². The van der Waals surface area contributed by atoms with Gasteiger partial charge in [-0.1, -0.05) is 36.1 Å². The van der Waals surface area contributed by atoms with Gasteiger partial charge in [0.05, 0.1) is 40.0 Å². The second-order valence-corrected chi connectivity index (χ2v) is 11.0. The summed E-state index contributed by atoms with van der Waals surface area (Å²) < 4.78 is 19.3. The molecule has 1 aliphatic rings.